The molecule has 0 spiro atoms. The van der Waals surface area contributed by atoms with Crippen molar-refractivity contribution in [3.63, 3.8) is 0 Å². The van der Waals surface area contributed by atoms with Gasteiger partial charge in [-0.15, -0.1) is 0 Å². The predicted molar refractivity (Wildman–Crippen MR) is 124 cm³/mol. The molecule has 4 heterocycles. The first-order valence-electron chi connectivity index (χ1n) is 10.8. The number of pyridine rings is 2. The lowest BCUT2D eigenvalue weighted by atomic mass is 10.1. The normalized spacial score (nSPS) is 15.4. The molecule has 3 aromatic rings. The molecule has 1 saturated heterocycles. The number of amides is 2. The summed E-state index contributed by atoms with van der Waals surface area (Å²) >= 11 is 1.25. The third kappa shape index (κ3) is 5.55. The fourth-order valence-electron chi connectivity index (χ4n) is 3.35. The number of urea groups is 1. The second-order valence-corrected chi connectivity index (χ2v) is 8.37. The molecule has 3 aromatic heterocycles. The molecule has 2 amide bonds. The van der Waals surface area contributed by atoms with Crippen LogP contribution in [-0.2, 0) is 9.47 Å². The second-order valence-electron chi connectivity index (χ2n) is 7.39. The lowest BCUT2D eigenvalue weighted by Gasteiger charge is -2.13. The maximum absolute atomic E-state index is 12.2. The molecule has 4 rings (SSSR count). The molecule has 10 nitrogen and oxygen atoms in total. The molecule has 1 fully saturated rings. The van der Waals surface area contributed by atoms with Gasteiger partial charge in [-0.05, 0) is 32.4 Å². The standard InChI is InChI=1S/C22H25N5O5S/c1-3-24-21(29)27-22-25-17-8-16(14-7-15(10-23-9-14)20(28)31-4-2)18(26-19(17)33-22)32-12-13-5-6-30-11-13/h7-10,13H,3-6,11-12H2,1-2H3,(H2,24,25,27,29). The van der Waals surface area contributed by atoms with Crippen LogP contribution in [0, 0.1) is 5.92 Å². The van der Waals surface area contributed by atoms with E-state index in [1.165, 1.54) is 17.5 Å². The Morgan fingerprint density at radius 2 is 2.12 bits per heavy atom. The minimum absolute atomic E-state index is 0.272. The van der Waals surface area contributed by atoms with Crippen LogP contribution in [0.5, 0.6) is 5.88 Å². The largest absolute Gasteiger partial charge is 0.477 e. The van der Waals surface area contributed by atoms with Crippen molar-refractivity contribution in [3.05, 3.63) is 30.1 Å². The Bertz CT molecular complexity index is 1150. The second kappa shape index (κ2) is 10.5. The lowest BCUT2D eigenvalue weighted by Crippen LogP contribution is -2.28. The summed E-state index contributed by atoms with van der Waals surface area (Å²) in [5.41, 5.74) is 2.23. The highest BCUT2D eigenvalue weighted by Gasteiger charge is 2.20. The number of nitrogens with one attached hydrogen (secondary N) is 2. The Labute approximate surface area is 194 Å². The number of aromatic nitrogens is 3. The lowest BCUT2D eigenvalue weighted by molar-refractivity contribution is 0.0526. The molecular formula is C22H25N5O5S. The van der Waals surface area contributed by atoms with Gasteiger partial charge in [0.1, 0.15) is 10.3 Å². The fourth-order valence-corrected chi connectivity index (χ4v) is 4.15. The van der Waals surface area contributed by atoms with E-state index in [2.05, 4.69) is 25.6 Å². The number of nitrogens with zero attached hydrogens (tertiary/aromatic N) is 3. The van der Waals surface area contributed by atoms with E-state index >= 15 is 0 Å². The van der Waals surface area contributed by atoms with Crippen LogP contribution in [-0.4, -0.2) is 59.9 Å². The summed E-state index contributed by atoms with van der Waals surface area (Å²) in [6.07, 6.45) is 4.02. The van der Waals surface area contributed by atoms with Crippen molar-refractivity contribution in [2.75, 3.05) is 38.3 Å². The molecule has 174 valence electrons. The number of hydrogen-bond donors (Lipinski definition) is 2. The van der Waals surface area contributed by atoms with Gasteiger partial charge in [-0.2, -0.15) is 0 Å². The van der Waals surface area contributed by atoms with E-state index in [-0.39, 0.29) is 18.6 Å². The van der Waals surface area contributed by atoms with Gasteiger partial charge in [0, 0.05) is 42.6 Å². The molecular weight excluding hydrogens is 446 g/mol. The molecule has 1 aliphatic heterocycles. The van der Waals surface area contributed by atoms with Gasteiger partial charge in [0.15, 0.2) is 5.13 Å². The van der Waals surface area contributed by atoms with E-state index in [4.69, 9.17) is 14.2 Å². The minimum Gasteiger partial charge on any atom is -0.477 e. The van der Waals surface area contributed by atoms with Crippen LogP contribution in [0.2, 0.25) is 0 Å². The van der Waals surface area contributed by atoms with Crippen LogP contribution >= 0.6 is 11.3 Å². The van der Waals surface area contributed by atoms with Gasteiger partial charge < -0.3 is 19.5 Å². The summed E-state index contributed by atoms with van der Waals surface area (Å²) in [5.74, 6) is 0.245. The smallest absolute Gasteiger partial charge is 0.339 e. The van der Waals surface area contributed by atoms with Crippen molar-refractivity contribution in [1.82, 2.24) is 20.3 Å². The minimum atomic E-state index is -0.450. The zero-order valence-electron chi connectivity index (χ0n) is 18.4. The van der Waals surface area contributed by atoms with E-state index in [0.717, 1.165) is 13.0 Å². The third-order valence-electron chi connectivity index (χ3n) is 4.95. The van der Waals surface area contributed by atoms with Crippen LogP contribution in [0.1, 0.15) is 30.6 Å². The van der Waals surface area contributed by atoms with Gasteiger partial charge in [0.2, 0.25) is 5.88 Å². The maximum Gasteiger partial charge on any atom is 0.339 e. The molecule has 1 aliphatic rings. The summed E-state index contributed by atoms with van der Waals surface area (Å²) in [4.78, 5) is 38.1. The molecule has 1 atom stereocenters. The Morgan fingerprint density at radius 1 is 1.24 bits per heavy atom. The van der Waals surface area contributed by atoms with Crippen molar-refractivity contribution in [1.29, 1.82) is 0 Å². The first-order valence-corrected chi connectivity index (χ1v) is 11.6. The quantitative estimate of drug-likeness (QED) is 0.479. The van der Waals surface area contributed by atoms with Crippen molar-refractivity contribution < 1.29 is 23.8 Å². The monoisotopic (exact) mass is 471 g/mol. The number of ether oxygens (including phenoxy) is 3. The van der Waals surface area contributed by atoms with Gasteiger partial charge in [0.25, 0.3) is 0 Å². The Hall–Kier alpha value is -3.31. The fraction of sp³-hybridized carbons (Fsp3) is 0.409. The average molecular weight is 472 g/mol. The molecule has 1 unspecified atom stereocenters. The van der Waals surface area contributed by atoms with Crippen molar-refractivity contribution in [3.8, 4) is 17.0 Å². The summed E-state index contributed by atoms with van der Waals surface area (Å²) < 4.78 is 16.6. The topological polar surface area (TPSA) is 125 Å². The summed E-state index contributed by atoms with van der Waals surface area (Å²) in [5, 5.41) is 5.81. The van der Waals surface area contributed by atoms with Gasteiger partial charge in [-0.25, -0.2) is 19.6 Å². The molecule has 2 N–H and O–H groups in total. The Kier molecular flexibility index (Phi) is 7.30. The molecule has 0 radical (unpaired) electrons. The highest BCUT2D eigenvalue weighted by molar-refractivity contribution is 7.22. The van der Waals surface area contributed by atoms with Gasteiger partial charge in [-0.1, -0.05) is 11.3 Å². The van der Waals surface area contributed by atoms with E-state index in [1.807, 2.05) is 13.0 Å². The Balaban J connectivity index is 1.70. The number of hydrogen-bond acceptors (Lipinski definition) is 9. The summed E-state index contributed by atoms with van der Waals surface area (Å²) in [6.45, 7) is 6.20. The predicted octanol–water partition coefficient (Wildman–Crippen LogP) is 3.49. The SMILES string of the molecule is CCNC(=O)Nc1nc2cc(-c3cncc(C(=O)OCC)c3)c(OCC3CCOC3)nc2s1. The van der Waals surface area contributed by atoms with Crippen LogP contribution in [0.4, 0.5) is 9.93 Å². The number of rotatable bonds is 8. The number of thiazole rings is 1. The number of fused-ring (bicyclic) bond motifs is 1. The maximum atomic E-state index is 12.2. The van der Waals surface area contributed by atoms with Gasteiger partial charge >= 0.3 is 12.0 Å². The molecule has 0 aliphatic carbocycles. The zero-order valence-corrected chi connectivity index (χ0v) is 19.2. The molecule has 0 bridgehead atoms. The molecule has 0 aromatic carbocycles. The highest BCUT2D eigenvalue weighted by atomic mass is 32.1. The number of carbonyl (C=O) groups is 2. The Morgan fingerprint density at radius 3 is 2.88 bits per heavy atom. The number of anilines is 1. The van der Waals surface area contributed by atoms with E-state index in [1.54, 1.807) is 19.2 Å². The van der Waals surface area contributed by atoms with E-state index in [0.29, 0.717) is 57.8 Å². The van der Waals surface area contributed by atoms with Crippen molar-refractivity contribution in [2.45, 2.75) is 20.3 Å². The molecule has 33 heavy (non-hydrogen) atoms. The van der Waals surface area contributed by atoms with E-state index < -0.39 is 5.97 Å². The summed E-state index contributed by atoms with van der Waals surface area (Å²) in [7, 11) is 0. The van der Waals surface area contributed by atoms with Crippen LogP contribution in [0.25, 0.3) is 21.5 Å². The highest BCUT2D eigenvalue weighted by Crippen LogP contribution is 2.35. The van der Waals surface area contributed by atoms with Crippen molar-refractivity contribution >= 4 is 38.8 Å². The average Bonchev–Trinajstić information content (AvgIpc) is 3.46. The van der Waals surface area contributed by atoms with Crippen molar-refractivity contribution in [2.24, 2.45) is 5.92 Å². The van der Waals surface area contributed by atoms with Crippen LogP contribution in [0.3, 0.4) is 0 Å². The molecule has 0 saturated carbocycles. The first-order chi connectivity index (χ1) is 16.1. The summed E-state index contributed by atoms with van der Waals surface area (Å²) in [6, 6.07) is 3.19. The van der Waals surface area contributed by atoms with Gasteiger partial charge in [-0.3, -0.25) is 10.3 Å². The molecule has 11 heteroatoms. The van der Waals surface area contributed by atoms with E-state index in [9.17, 15) is 9.59 Å². The number of carbonyl (C=O) groups excluding carboxylic acids is 2. The number of esters is 1. The van der Waals surface area contributed by atoms with Crippen LogP contribution < -0.4 is 15.4 Å². The van der Waals surface area contributed by atoms with Crippen LogP contribution in [0.15, 0.2) is 24.5 Å². The zero-order chi connectivity index (χ0) is 23.2. The van der Waals surface area contributed by atoms with Gasteiger partial charge in [0.05, 0.1) is 25.4 Å². The first kappa shape index (κ1) is 22.9. The third-order valence-corrected chi connectivity index (χ3v) is 5.83.